The van der Waals surface area contributed by atoms with E-state index in [4.69, 9.17) is 19.9 Å². The summed E-state index contributed by atoms with van der Waals surface area (Å²) >= 11 is 0. The van der Waals surface area contributed by atoms with Crippen molar-refractivity contribution in [2.24, 2.45) is 5.16 Å². The third-order valence-corrected chi connectivity index (χ3v) is 3.00. The van der Waals surface area contributed by atoms with Crippen LogP contribution in [0.4, 0.5) is 0 Å². The Morgan fingerprint density at radius 3 is 2.73 bits per heavy atom. The lowest BCUT2D eigenvalue weighted by Gasteiger charge is -2.13. The number of ether oxygens (including phenoxy) is 2. The Hall–Kier alpha value is -3.00. The summed E-state index contributed by atoms with van der Waals surface area (Å²) in [5, 5.41) is 20.7. The van der Waals surface area contributed by atoms with Gasteiger partial charge in [0, 0.05) is 11.1 Å². The van der Waals surface area contributed by atoms with Gasteiger partial charge in [0.15, 0.2) is 11.5 Å². The van der Waals surface area contributed by atoms with E-state index in [0.29, 0.717) is 29.2 Å². The van der Waals surface area contributed by atoms with Gasteiger partial charge in [0.2, 0.25) is 0 Å². The summed E-state index contributed by atoms with van der Waals surface area (Å²) in [5.74, 6) is 1.14. The third kappa shape index (κ3) is 3.76. The Kier molecular flexibility index (Phi) is 5.38. The van der Waals surface area contributed by atoms with Crippen molar-refractivity contribution < 1.29 is 14.7 Å². The molecule has 5 heteroatoms. The molecule has 0 saturated carbocycles. The van der Waals surface area contributed by atoms with Gasteiger partial charge in [-0.25, -0.2) is 0 Å². The van der Waals surface area contributed by atoms with Crippen LogP contribution in [0.3, 0.4) is 0 Å². The zero-order valence-electron chi connectivity index (χ0n) is 12.2. The predicted molar refractivity (Wildman–Crippen MR) is 82.5 cm³/mol. The zero-order chi connectivity index (χ0) is 15.8. The highest BCUT2D eigenvalue weighted by atomic mass is 16.5. The van der Waals surface area contributed by atoms with Gasteiger partial charge in [-0.05, 0) is 31.2 Å². The lowest BCUT2D eigenvalue weighted by Crippen LogP contribution is -2.01. The molecule has 0 aromatic heterocycles. The van der Waals surface area contributed by atoms with Crippen LogP contribution in [-0.2, 0) is 6.61 Å². The molecule has 0 fully saturated rings. The highest BCUT2D eigenvalue weighted by Gasteiger charge is 2.08. The van der Waals surface area contributed by atoms with Crippen LogP contribution in [-0.4, -0.2) is 18.0 Å². The van der Waals surface area contributed by atoms with Gasteiger partial charge in [-0.2, -0.15) is 5.26 Å². The van der Waals surface area contributed by atoms with E-state index in [0.717, 1.165) is 5.56 Å². The molecule has 0 atom stereocenters. The molecule has 0 aliphatic heterocycles. The maximum Gasteiger partial charge on any atom is 0.161 e. The summed E-state index contributed by atoms with van der Waals surface area (Å²) in [6.45, 7) is 2.64. The predicted octanol–water partition coefficient (Wildman–Crippen LogP) is 3.34. The smallest absolute Gasteiger partial charge is 0.161 e. The Balaban J connectivity index is 2.20. The van der Waals surface area contributed by atoms with E-state index < -0.39 is 0 Å². The van der Waals surface area contributed by atoms with Crippen LogP contribution < -0.4 is 9.47 Å². The molecule has 0 radical (unpaired) electrons. The maximum absolute atomic E-state index is 9.08. The number of hydrogen-bond acceptors (Lipinski definition) is 5. The van der Waals surface area contributed by atoms with Crippen molar-refractivity contribution in [3.63, 3.8) is 0 Å². The summed E-state index contributed by atoms with van der Waals surface area (Å²) in [4.78, 5) is 0. The van der Waals surface area contributed by atoms with Gasteiger partial charge >= 0.3 is 0 Å². The monoisotopic (exact) mass is 296 g/mol. The fourth-order valence-corrected chi connectivity index (χ4v) is 1.97. The zero-order valence-corrected chi connectivity index (χ0v) is 12.2. The lowest BCUT2D eigenvalue weighted by molar-refractivity contribution is 0.269. The number of benzene rings is 2. The van der Waals surface area contributed by atoms with Crippen LogP contribution in [0.25, 0.3) is 0 Å². The molecular weight excluding hydrogens is 280 g/mol. The Labute approximate surface area is 129 Å². The van der Waals surface area contributed by atoms with Gasteiger partial charge in [0.1, 0.15) is 6.61 Å². The molecule has 0 bridgehead atoms. The van der Waals surface area contributed by atoms with Crippen LogP contribution >= 0.6 is 0 Å². The Bertz CT molecular complexity index is 705. The summed E-state index contributed by atoms with van der Waals surface area (Å²) < 4.78 is 11.3. The molecule has 0 amide bonds. The fraction of sp³-hybridized carbons (Fsp3) is 0.176. The molecule has 0 aliphatic carbocycles. The molecule has 0 heterocycles. The number of rotatable bonds is 6. The fourth-order valence-electron chi connectivity index (χ4n) is 1.97. The molecule has 22 heavy (non-hydrogen) atoms. The van der Waals surface area contributed by atoms with Crippen molar-refractivity contribution in [1.29, 1.82) is 5.26 Å². The Morgan fingerprint density at radius 2 is 2.00 bits per heavy atom. The molecule has 0 spiro atoms. The minimum atomic E-state index is 0.275. The number of oxime groups is 1. The lowest BCUT2D eigenvalue weighted by atomic mass is 10.1. The van der Waals surface area contributed by atoms with Crippen LogP contribution in [0.1, 0.15) is 23.6 Å². The Morgan fingerprint density at radius 1 is 1.18 bits per heavy atom. The van der Waals surface area contributed by atoms with Crippen molar-refractivity contribution in [2.75, 3.05) is 6.61 Å². The van der Waals surface area contributed by atoms with E-state index in [1.54, 1.807) is 24.3 Å². The van der Waals surface area contributed by atoms with Crippen molar-refractivity contribution in [3.05, 3.63) is 59.2 Å². The molecule has 2 aromatic rings. The number of nitrogens with zero attached hydrogens (tertiary/aromatic N) is 2. The van der Waals surface area contributed by atoms with E-state index in [9.17, 15) is 0 Å². The third-order valence-electron chi connectivity index (χ3n) is 3.00. The second-order valence-electron chi connectivity index (χ2n) is 4.44. The van der Waals surface area contributed by atoms with Gasteiger partial charge < -0.3 is 14.7 Å². The first kappa shape index (κ1) is 15.4. The molecule has 2 aromatic carbocycles. The SMILES string of the molecule is CCOc1cc(C=NO)ccc1OCc1ccccc1C#N. The van der Waals surface area contributed by atoms with Crippen molar-refractivity contribution >= 4 is 6.21 Å². The van der Waals surface area contributed by atoms with Crippen LogP contribution in [0.15, 0.2) is 47.6 Å². The highest BCUT2D eigenvalue weighted by molar-refractivity contribution is 5.80. The normalized spacial score (nSPS) is 10.4. The summed E-state index contributed by atoms with van der Waals surface area (Å²) in [6, 6.07) is 14.7. The standard InChI is InChI=1S/C17H16N2O3/c1-2-21-17-9-13(11-19-20)7-8-16(17)22-12-15-6-4-3-5-14(15)10-18/h3-9,11,20H,2,12H2,1H3. The largest absolute Gasteiger partial charge is 0.490 e. The van der Waals surface area contributed by atoms with E-state index in [2.05, 4.69) is 11.2 Å². The first-order valence-electron chi connectivity index (χ1n) is 6.83. The van der Waals surface area contributed by atoms with Gasteiger partial charge in [0.05, 0.1) is 24.5 Å². The van der Waals surface area contributed by atoms with Crippen molar-refractivity contribution in [3.8, 4) is 17.6 Å². The summed E-state index contributed by atoms with van der Waals surface area (Å²) in [6.07, 6.45) is 1.32. The average Bonchev–Trinajstić information content (AvgIpc) is 2.55. The van der Waals surface area contributed by atoms with Gasteiger partial charge in [-0.15, -0.1) is 0 Å². The summed E-state index contributed by atoms with van der Waals surface area (Å²) in [7, 11) is 0. The van der Waals surface area contributed by atoms with E-state index in [1.807, 2.05) is 25.1 Å². The van der Waals surface area contributed by atoms with Crippen molar-refractivity contribution in [2.45, 2.75) is 13.5 Å². The first-order chi connectivity index (χ1) is 10.8. The molecule has 0 saturated heterocycles. The quantitative estimate of drug-likeness (QED) is 0.504. The minimum absolute atomic E-state index is 0.275. The topological polar surface area (TPSA) is 74.8 Å². The van der Waals surface area contributed by atoms with Crippen LogP contribution in [0.2, 0.25) is 0 Å². The maximum atomic E-state index is 9.08. The van der Waals surface area contributed by atoms with E-state index in [-0.39, 0.29) is 6.61 Å². The van der Waals surface area contributed by atoms with E-state index >= 15 is 0 Å². The van der Waals surface area contributed by atoms with Gasteiger partial charge in [0.25, 0.3) is 0 Å². The molecule has 5 nitrogen and oxygen atoms in total. The van der Waals surface area contributed by atoms with Crippen molar-refractivity contribution in [1.82, 2.24) is 0 Å². The molecule has 2 rings (SSSR count). The molecule has 0 unspecified atom stereocenters. The minimum Gasteiger partial charge on any atom is -0.490 e. The molecule has 112 valence electrons. The van der Waals surface area contributed by atoms with E-state index in [1.165, 1.54) is 6.21 Å². The number of hydrogen-bond donors (Lipinski definition) is 1. The molecular formula is C17H16N2O3. The highest BCUT2D eigenvalue weighted by Crippen LogP contribution is 2.29. The van der Waals surface area contributed by atoms with Gasteiger partial charge in [-0.1, -0.05) is 23.4 Å². The van der Waals surface area contributed by atoms with Gasteiger partial charge in [-0.3, -0.25) is 0 Å². The molecule has 0 aliphatic rings. The second kappa shape index (κ2) is 7.70. The molecule has 1 N–H and O–H groups in total. The van der Waals surface area contributed by atoms with Crippen LogP contribution in [0, 0.1) is 11.3 Å². The average molecular weight is 296 g/mol. The first-order valence-corrected chi connectivity index (χ1v) is 6.83. The van der Waals surface area contributed by atoms with Crippen LogP contribution in [0.5, 0.6) is 11.5 Å². The number of nitriles is 1. The second-order valence-corrected chi connectivity index (χ2v) is 4.44. The summed E-state index contributed by atoms with van der Waals surface area (Å²) in [5.41, 5.74) is 2.11.